The molecular formula is C24H26ClNO. The van der Waals surface area contributed by atoms with Gasteiger partial charge in [-0.25, -0.2) is 0 Å². The van der Waals surface area contributed by atoms with E-state index in [4.69, 9.17) is 11.6 Å². The minimum absolute atomic E-state index is 0.000166. The van der Waals surface area contributed by atoms with Gasteiger partial charge in [0, 0.05) is 10.7 Å². The lowest BCUT2D eigenvalue weighted by atomic mass is 9.48. The van der Waals surface area contributed by atoms with Crippen molar-refractivity contribution < 1.29 is 4.79 Å². The van der Waals surface area contributed by atoms with E-state index in [2.05, 4.69) is 29.6 Å². The Balaban J connectivity index is 1.27. The summed E-state index contributed by atoms with van der Waals surface area (Å²) in [6.45, 7) is 0. The maximum Gasteiger partial charge on any atom is 0.228 e. The molecule has 4 aliphatic rings. The Kier molecular flexibility index (Phi) is 4.27. The van der Waals surface area contributed by atoms with Gasteiger partial charge in [-0.05, 0) is 97.1 Å². The summed E-state index contributed by atoms with van der Waals surface area (Å²) in [6, 6.07) is 16.2. The summed E-state index contributed by atoms with van der Waals surface area (Å²) in [7, 11) is 0. The van der Waals surface area contributed by atoms with Gasteiger partial charge in [0.2, 0.25) is 5.91 Å². The first-order valence-electron chi connectivity index (χ1n) is 10.2. The molecule has 0 saturated heterocycles. The quantitative estimate of drug-likeness (QED) is 0.694. The van der Waals surface area contributed by atoms with Crippen LogP contribution in [0.25, 0.3) is 0 Å². The number of amides is 1. The summed E-state index contributed by atoms with van der Waals surface area (Å²) in [5.41, 5.74) is 3.73. The van der Waals surface area contributed by atoms with Gasteiger partial charge < -0.3 is 5.32 Å². The largest absolute Gasteiger partial charge is 0.326 e. The number of anilines is 1. The van der Waals surface area contributed by atoms with E-state index in [1.54, 1.807) is 0 Å². The molecule has 0 heterocycles. The number of hydrogen-bond donors (Lipinski definition) is 1. The standard InChI is InChI=1S/C24H26ClNO/c25-21-3-1-2-16(11-21)12-23(27)26-22-6-4-20(5-7-22)24-13-17-8-18(14-24)10-19(9-17)15-24/h1-7,11,17-19H,8-10,12-15H2,(H,26,27). The fourth-order valence-electron chi connectivity index (χ4n) is 6.41. The lowest BCUT2D eigenvalue weighted by molar-refractivity contribution is -0.115. The van der Waals surface area contributed by atoms with Crippen molar-refractivity contribution in [3.05, 3.63) is 64.7 Å². The maximum atomic E-state index is 12.3. The second-order valence-corrected chi connectivity index (χ2v) is 9.57. The second kappa shape index (κ2) is 6.67. The molecular weight excluding hydrogens is 354 g/mol. The highest BCUT2D eigenvalue weighted by Gasteiger charge is 2.51. The first-order chi connectivity index (χ1) is 13.1. The number of carbonyl (C=O) groups is 1. The van der Waals surface area contributed by atoms with Crippen LogP contribution < -0.4 is 5.32 Å². The minimum Gasteiger partial charge on any atom is -0.326 e. The highest BCUT2D eigenvalue weighted by atomic mass is 35.5. The van der Waals surface area contributed by atoms with E-state index < -0.39 is 0 Å². The van der Waals surface area contributed by atoms with Gasteiger partial charge >= 0.3 is 0 Å². The molecule has 0 aromatic heterocycles. The molecule has 2 nitrogen and oxygen atoms in total. The topological polar surface area (TPSA) is 29.1 Å². The van der Waals surface area contributed by atoms with Crippen LogP contribution in [-0.4, -0.2) is 5.91 Å². The lowest BCUT2D eigenvalue weighted by Gasteiger charge is -2.57. The summed E-state index contributed by atoms with van der Waals surface area (Å²) in [6.07, 6.45) is 8.88. The zero-order chi connectivity index (χ0) is 18.4. The van der Waals surface area contributed by atoms with Crippen molar-refractivity contribution in [3.63, 3.8) is 0 Å². The molecule has 140 valence electrons. The van der Waals surface area contributed by atoms with Gasteiger partial charge in [0.25, 0.3) is 0 Å². The first kappa shape index (κ1) is 17.3. The van der Waals surface area contributed by atoms with Crippen molar-refractivity contribution in [2.24, 2.45) is 17.8 Å². The van der Waals surface area contributed by atoms with Gasteiger partial charge in [0.15, 0.2) is 0 Å². The zero-order valence-electron chi connectivity index (χ0n) is 15.6. The molecule has 4 saturated carbocycles. The average Bonchev–Trinajstić information content (AvgIpc) is 2.61. The van der Waals surface area contributed by atoms with Crippen LogP contribution in [0.15, 0.2) is 48.5 Å². The summed E-state index contributed by atoms with van der Waals surface area (Å²) in [5.74, 6) is 2.86. The number of hydrogen-bond acceptors (Lipinski definition) is 1. The van der Waals surface area contributed by atoms with E-state index in [0.29, 0.717) is 16.9 Å². The SMILES string of the molecule is O=C(Cc1cccc(Cl)c1)Nc1ccc(C23CC4CC(CC(C4)C2)C3)cc1. The first-order valence-corrected chi connectivity index (χ1v) is 10.6. The van der Waals surface area contributed by atoms with E-state index in [0.717, 1.165) is 29.0 Å². The molecule has 0 radical (unpaired) electrons. The van der Waals surface area contributed by atoms with Crippen molar-refractivity contribution >= 4 is 23.2 Å². The Labute approximate surface area is 166 Å². The Bertz CT molecular complexity index is 822. The van der Waals surface area contributed by atoms with Gasteiger partial charge in [0.05, 0.1) is 6.42 Å². The number of halogens is 1. The molecule has 2 aromatic rings. The third-order valence-corrected chi connectivity index (χ3v) is 7.31. The number of benzene rings is 2. The molecule has 27 heavy (non-hydrogen) atoms. The van der Waals surface area contributed by atoms with Gasteiger partial charge in [0.1, 0.15) is 0 Å². The van der Waals surface area contributed by atoms with E-state index in [9.17, 15) is 4.79 Å². The van der Waals surface area contributed by atoms with Crippen LogP contribution in [0.4, 0.5) is 5.69 Å². The van der Waals surface area contributed by atoms with Crippen molar-refractivity contribution in [1.29, 1.82) is 0 Å². The summed E-state index contributed by atoms with van der Waals surface area (Å²) < 4.78 is 0. The monoisotopic (exact) mass is 379 g/mol. The third kappa shape index (κ3) is 3.40. The molecule has 0 atom stereocenters. The molecule has 4 aliphatic carbocycles. The van der Waals surface area contributed by atoms with Crippen molar-refractivity contribution in [1.82, 2.24) is 0 Å². The summed E-state index contributed by atoms with van der Waals surface area (Å²) >= 11 is 6.00. The molecule has 1 amide bonds. The van der Waals surface area contributed by atoms with Crippen molar-refractivity contribution in [2.75, 3.05) is 5.32 Å². The molecule has 0 unspecified atom stereocenters. The number of rotatable bonds is 4. The Morgan fingerprint density at radius 3 is 2.19 bits per heavy atom. The molecule has 4 fully saturated rings. The Morgan fingerprint density at radius 2 is 1.59 bits per heavy atom. The zero-order valence-corrected chi connectivity index (χ0v) is 16.3. The lowest BCUT2D eigenvalue weighted by Crippen LogP contribution is -2.48. The van der Waals surface area contributed by atoms with Crippen LogP contribution in [0.2, 0.25) is 5.02 Å². The predicted octanol–water partition coefficient (Wildman–Crippen LogP) is 5.99. The fraction of sp³-hybridized carbons (Fsp3) is 0.458. The minimum atomic E-state index is -0.000166. The van der Waals surface area contributed by atoms with E-state index in [-0.39, 0.29) is 5.91 Å². The normalized spacial score (nSPS) is 31.1. The molecule has 2 aromatic carbocycles. The molecule has 6 rings (SSSR count). The van der Waals surface area contributed by atoms with Crippen LogP contribution in [0.5, 0.6) is 0 Å². The summed E-state index contributed by atoms with van der Waals surface area (Å²) in [5, 5.41) is 3.70. The maximum absolute atomic E-state index is 12.3. The smallest absolute Gasteiger partial charge is 0.228 e. The Morgan fingerprint density at radius 1 is 0.963 bits per heavy atom. The Hall–Kier alpha value is -1.80. The van der Waals surface area contributed by atoms with Crippen LogP contribution in [0.3, 0.4) is 0 Å². The molecule has 3 heteroatoms. The van der Waals surface area contributed by atoms with Gasteiger partial charge in [-0.3, -0.25) is 4.79 Å². The van der Waals surface area contributed by atoms with E-state index in [1.165, 1.54) is 44.1 Å². The number of nitrogens with one attached hydrogen (secondary N) is 1. The van der Waals surface area contributed by atoms with E-state index in [1.807, 2.05) is 24.3 Å². The van der Waals surface area contributed by atoms with Crippen LogP contribution in [-0.2, 0) is 16.6 Å². The number of carbonyl (C=O) groups excluding carboxylic acids is 1. The third-order valence-electron chi connectivity index (χ3n) is 7.07. The highest BCUT2D eigenvalue weighted by molar-refractivity contribution is 6.30. The molecule has 0 aliphatic heterocycles. The van der Waals surface area contributed by atoms with Gasteiger partial charge in [-0.15, -0.1) is 0 Å². The molecule has 1 N–H and O–H groups in total. The van der Waals surface area contributed by atoms with Gasteiger partial charge in [-0.2, -0.15) is 0 Å². The van der Waals surface area contributed by atoms with E-state index >= 15 is 0 Å². The van der Waals surface area contributed by atoms with Crippen molar-refractivity contribution in [2.45, 2.75) is 50.4 Å². The second-order valence-electron chi connectivity index (χ2n) is 9.13. The summed E-state index contributed by atoms with van der Waals surface area (Å²) in [4.78, 5) is 12.3. The molecule has 0 spiro atoms. The van der Waals surface area contributed by atoms with Crippen LogP contribution in [0.1, 0.15) is 49.7 Å². The highest BCUT2D eigenvalue weighted by Crippen LogP contribution is 2.60. The molecule has 4 bridgehead atoms. The van der Waals surface area contributed by atoms with Crippen LogP contribution >= 0.6 is 11.6 Å². The van der Waals surface area contributed by atoms with Crippen LogP contribution in [0, 0.1) is 17.8 Å². The van der Waals surface area contributed by atoms with Gasteiger partial charge in [-0.1, -0.05) is 35.9 Å². The van der Waals surface area contributed by atoms with Crippen molar-refractivity contribution in [3.8, 4) is 0 Å². The fourth-order valence-corrected chi connectivity index (χ4v) is 6.62. The average molecular weight is 380 g/mol. The predicted molar refractivity (Wildman–Crippen MR) is 110 cm³/mol.